The molecule has 0 amide bonds. The summed E-state index contributed by atoms with van der Waals surface area (Å²) >= 11 is -0.421. The minimum atomic E-state index is -1.02. The number of nitrogens with zero attached hydrogens (tertiary/aromatic N) is 2. The van der Waals surface area contributed by atoms with Crippen molar-refractivity contribution in [3.63, 3.8) is 0 Å². The second-order valence-corrected chi connectivity index (χ2v) is 22.4. The fraction of sp³-hybridized carbons (Fsp3) is 1.00. The van der Waals surface area contributed by atoms with Crippen LogP contribution in [0.3, 0.4) is 0 Å². The molecule has 0 spiro atoms. The van der Waals surface area contributed by atoms with Crippen LogP contribution in [-0.4, -0.2) is 56.8 Å². The molecule has 0 saturated carbocycles. The van der Waals surface area contributed by atoms with Crippen molar-refractivity contribution in [1.29, 1.82) is 0 Å². The van der Waals surface area contributed by atoms with E-state index in [0.29, 0.717) is 0 Å². The first-order valence-electron chi connectivity index (χ1n) is 6.03. The molecule has 1 aliphatic rings. The Hall–Kier alpha value is 1.15. The fourth-order valence-electron chi connectivity index (χ4n) is 1.76. The first-order valence-corrected chi connectivity index (χ1v) is 15.5. The molecule has 15 heavy (non-hydrogen) atoms. The van der Waals surface area contributed by atoms with E-state index in [2.05, 4.69) is 44.9 Å². The van der Waals surface area contributed by atoms with E-state index < -0.39 is 38.2 Å². The summed E-state index contributed by atoms with van der Waals surface area (Å²) in [6.45, 7) is 17.9. The van der Waals surface area contributed by atoms with Crippen LogP contribution in [0, 0.1) is 0 Å². The molecule has 5 heteroatoms. The van der Waals surface area contributed by atoms with Crippen molar-refractivity contribution in [2.45, 2.75) is 52.1 Å². The van der Waals surface area contributed by atoms with Gasteiger partial charge in [0.2, 0.25) is 0 Å². The Kier molecular flexibility index (Phi) is 4.93. The van der Waals surface area contributed by atoms with Gasteiger partial charge in [-0.1, -0.05) is 0 Å². The second kappa shape index (κ2) is 5.20. The second-order valence-electron chi connectivity index (χ2n) is 6.45. The number of rotatable bonds is 2. The summed E-state index contributed by atoms with van der Waals surface area (Å²) < 4.78 is 5.89. The van der Waals surface area contributed by atoms with Gasteiger partial charge in [0.1, 0.15) is 0 Å². The molecular weight excluding hydrogens is 323 g/mol. The summed E-state index contributed by atoms with van der Waals surface area (Å²) in [5.74, 6) is 0. The van der Waals surface area contributed by atoms with Gasteiger partial charge in [-0.15, -0.1) is 0 Å². The molecule has 88 valence electrons. The van der Waals surface area contributed by atoms with Crippen molar-refractivity contribution in [1.82, 2.24) is 5.57 Å². The van der Waals surface area contributed by atoms with E-state index in [1.54, 1.807) is 0 Å². The zero-order chi connectivity index (χ0) is 11.7. The standard InChI is InChI=1S/C10H26N2Si2.Sn/c1-13(2,3)11-9-7-8-10-12-14(4,5)6;/h7-10H2,1-6H3;/q-2;+2. The minimum absolute atomic E-state index is 0.421. The monoisotopic (exact) mass is 350 g/mol. The third kappa shape index (κ3) is 4.49. The molecular formula is C10H26N2Si2Sn. The predicted molar refractivity (Wildman–Crippen MR) is 75.1 cm³/mol. The van der Waals surface area contributed by atoms with Gasteiger partial charge in [-0.3, -0.25) is 0 Å². The molecule has 1 aliphatic heterocycles. The van der Waals surface area contributed by atoms with Crippen LogP contribution in [0.5, 0.6) is 0 Å². The topological polar surface area (TPSA) is 6.48 Å². The first-order chi connectivity index (χ1) is 6.71. The van der Waals surface area contributed by atoms with Crippen LogP contribution < -0.4 is 0 Å². The predicted octanol–water partition coefficient (Wildman–Crippen LogP) is 2.59. The Balaban J connectivity index is 2.70. The van der Waals surface area contributed by atoms with Crippen molar-refractivity contribution in [3.8, 4) is 0 Å². The maximum atomic E-state index is 2.95. The summed E-state index contributed by atoms with van der Waals surface area (Å²) in [6.07, 6.45) is 2.87. The summed E-state index contributed by atoms with van der Waals surface area (Å²) in [5, 5.41) is 0. The molecule has 2 nitrogen and oxygen atoms in total. The van der Waals surface area contributed by atoms with E-state index in [1.165, 1.54) is 25.9 Å². The summed E-state index contributed by atoms with van der Waals surface area (Å²) in [6, 6.07) is 0. The maximum absolute atomic E-state index is 2.95. The molecule has 0 aromatic carbocycles. The average Bonchev–Trinajstić information content (AvgIpc) is 2.24. The van der Waals surface area contributed by atoms with Crippen LogP contribution in [0.25, 0.3) is 0 Å². The molecule has 0 unspecified atom stereocenters. The van der Waals surface area contributed by atoms with Crippen molar-refractivity contribution >= 4 is 38.2 Å². The van der Waals surface area contributed by atoms with Crippen molar-refractivity contribution in [3.05, 3.63) is 0 Å². The normalized spacial score (nSPS) is 22.8. The zero-order valence-electron chi connectivity index (χ0n) is 11.2. The van der Waals surface area contributed by atoms with Gasteiger partial charge >= 0.3 is 109 Å². The van der Waals surface area contributed by atoms with Crippen LogP contribution in [-0.2, 0) is 0 Å². The van der Waals surface area contributed by atoms with Gasteiger partial charge in [-0.05, 0) is 0 Å². The van der Waals surface area contributed by atoms with Crippen LogP contribution in [0.1, 0.15) is 12.8 Å². The van der Waals surface area contributed by atoms with Crippen molar-refractivity contribution in [2.24, 2.45) is 0 Å². The zero-order valence-corrected chi connectivity index (χ0v) is 16.1. The van der Waals surface area contributed by atoms with E-state index >= 15 is 0 Å². The summed E-state index contributed by atoms with van der Waals surface area (Å²) in [5.41, 5.74) is 0. The molecule has 1 fully saturated rings. The molecule has 0 atom stereocenters. The molecule has 2 radical (unpaired) electrons. The van der Waals surface area contributed by atoms with Crippen LogP contribution in [0.2, 0.25) is 39.3 Å². The Morgan fingerprint density at radius 3 is 1.33 bits per heavy atom. The van der Waals surface area contributed by atoms with Gasteiger partial charge < -0.3 is 0 Å². The van der Waals surface area contributed by atoms with Crippen LogP contribution in [0.15, 0.2) is 0 Å². The SMILES string of the molecule is C[Si](C)(C)[N]1CCCC[N]([Si](C)(C)C)[Sn]1. The first kappa shape index (κ1) is 14.2. The molecule has 0 N–H and O–H groups in total. The van der Waals surface area contributed by atoms with Gasteiger partial charge in [-0.2, -0.15) is 0 Å². The van der Waals surface area contributed by atoms with Gasteiger partial charge in [0.15, 0.2) is 0 Å². The quantitative estimate of drug-likeness (QED) is 0.707. The van der Waals surface area contributed by atoms with Gasteiger partial charge in [0.05, 0.1) is 0 Å². The van der Waals surface area contributed by atoms with E-state index in [1.807, 2.05) is 0 Å². The molecule has 0 aromatic rings. The Morgan fingerprint density at radius 2 is 1.07 bits per heavy atom. The fourth-order valence-corrected chi connectivity index (χ4v) is 13.7. The molecule has 1 saturated heterocycles. The molecule has 0 aliphatic carbocycles. The summed E-state index contributed by atoms with van der Waals surface area (Å²) in [7, 11) is -2.04. The average molecular weight is 349 g/mol. The number of hydrogen-bond acceptors (Lipinski definition) is 2. The third-order valence-electron chi connectivity index (χ3n) is 2.87. The van der Waals surface area contributed by atoms with Gasteiger partial charge in [-0.25, -0.2) is 0 Å². The molecule has 1 heterocycles. The molecule has 0 bridgehead atoms. The Bertz CT molecular complexity index is 188. The van der Waals surface area contributed by atoms with Gasteiger partial charge in [0.25, 0.3) is 0 Å². The molecule has 0 aromatic heterocycles. The third-order valence-corrected chi connectivity index (χ3v) is 22.0. The summed E-state index contributed by atoms with van der Waals surface area (Å²) in [4.78, 5) is 0. The molecule has 1 rings (SSSR count). The Morgan fingerprint density at radius 1 is 0.733 bits per heavy atom. The van der Waals surface area contributed by atoms with E-state index in [-0.39, 0.29) is 0 Å². The van der Waals surface area contributed by atoms with Crippen LogP contribution >= 0.6 is 0 Å². The van der Waals surface area contributed by atoms with Crippen LogP contribution in [0.4, 0.5) is 0 Å². The van der Waals surface area contributed by atoms with Crippen molar-refractivity contribution < 1.29 is 0 Å². The number of hydrogen-bond donors (Lipinski definition) is 0. The Labute approximate surface area is 109 Å². The van der Waals surface area contributed by atoms with E-state index in [0.717, 1.165) is 0 Å². The van der Waals surface area contributed by atoms with Crippen molar-refractivity contribution in [2.75, 3.05) is 13.1 Å². The van der Waals surface area contributed by atoms with E-state index in [4.69, 9.17) is 0 Å². The van der Waals surface area contributed by atoms with Gasteiger partial charge in [0, 0.05) is 0 Å². The van der Waals surface area contributed by atoms with E-state index in [9.17, 15) is 0 Å².